The van der Waals surface area contributed by atoms with Gasteiger partial charge < -0.3 is 10.6 Å². The molecule has 2 atom stereocenters. The minimum Gasteiger partial charge on any atom is -0.352 e. The van der Waals surface area contributed by atoms with Gasteiger partial charge in [0.15, 0.2) is 0 Å². The molecule has 2 rings (SSSR count). The molecule has 0 aliphatic carbocycles. The van der Waals surface area contributed by atoms with Crippen LogP contribution < -0.4 is 10.6 Å². The fourth-order valence-corrected chi connectivity index (χ4v) is 2.38. The Morgan fingerprint density at radius 2 is 2.26 bits per heavy atom. The van der Waals surface area contributed by atoms with Crippen molar-refractivity contribution in [3.63, 3.8) is 0 Å². The molecule has 0 bridgehead atoms. The summed E-state index contributed by atoms with van der Waals surface area (Å²) in [6.07, 6.45) is 1.55. The van der Waals surface area contributed by atoms with E-state index >= 15 is 0 Å². The number of amides is 1. The van der Waals surface area contributed by atoms with Crippen molar-refractivity contribution in [2.24, 2.45) is 5.92 Å². The quantitative estimate of drug-likeness (QED) is 0.880. The summed E-state index contributed by atoms with van der Waals surface area (Å²) < 4.78 is 26.4. The van der Waals surface area contributed by atoms with E-state index in [4.69, 9.17) is 0 Å². The molecule has 0 spiro atoms. The van der Waals surface area contributed by atoms with E-state index in [0.717, 1.165) is 37.6 Å². The Morgan fingerprint density at radius 1 is 1.47 bits per heavy atom. The summed E-state index contributed by atoms with van der Waals surface area (Å²) in [5.74, 6) is -1.13. The molecular formula is C14H18F2N2O. The predicted octanol–water partition coefficient (Wildman–Crippen LogP) is 1.97. The number of benzene rings is 1. The first kappa shape index (κ1) is 13.9. The van der Waals surface area contributed by atoms with Gasteiger partial charge in [0.05, 0.1) is 0 Å². The second kappa shape index (κ2) is 6.10. The third kappa shape index (κ3) is 3.73. The highest BCUT2D eigenvalue weighted by Crippen LogP contribution is 2.16. The molecule has 5 heteroatoms. The molecule has 3 nitrogen and oxygen atoms in total. The number of nitrogens with one attached hydrogen (secondary N) is 2. The average Bonchev–Trinajstić information content (AvgIpc) is 2.39. The number of carbonyl (C=O) groups is 1. The lowest BCUT2D eigenvalue weighted by Crippen LogP contribution is -2.42. The molecule has 0 unspecified atom stereocenters. The van der Waals surface area contributed by atoms with Gasteiger partial charge in [-0.15, -0.1) is 0 Å². The van der Waals surface area contributed by atoms with Crippen LogP contribution in [-0.2, 0) is 11.3 Å². The number of carbonyl (C=O) groups excluding carboxylic acids is 1. The van der Waals surface area contributed by atoms with Crippen LogP contribution >= 0.6 is 0 Å². The van der Waals surface area contributed by atoms with Gasteiger partial charge in [-0.3, -0.25) is 4.79 Å². The van der Waals surface area contributed by atoms with E-state index in [2.05, 4.69) is 10.6 Å². The van der Waals surface area contributed by atoms with Crippen LogP contribution in [0.15, 0.2) is 18.2 Å². The third-order valence-corrected chi connectivity index (χ3v) is 3.46. The normalized spacial score (nSPS) is 23.1. The van der Waals surface area contributed by atoms with E-state index in [1.165, 1.54) is 0 Å². The SMILES string of the molecule is C[C@H]1C[C@@H](C(=O)NCc2cc(F)ccc2F)CCN1. The predicted molar refractivity (Wildman–Crippen MR) is 68.4 cm³/mol. The van der Waals surface area contributed by atoms with Gasteiger partial charge in [0.25, 0.3) is 0 Å². The van der Waals surface area contributed by atoms with Crippen LogP contribution in [0.4, 0.5) is 8.78 Å². The van der Waals surface area contributed by atoms with E-state index in [1.807, 2.05) is 6.92 Å². The van der Waals surface area contributed by atoms with Gasteiger partial charge in [0, 0.05) is 24.1 Å². The Labute approximate surface area is 111 Å². The molecule has 1 aromatic carbocycles. The molecular weight excluding hydrogens is 250 g/mol. The highest BCUT2D eigenvalue weighted by atomic mass is 19.1. The van der Waals surface area contributed by atoms with Gasteiger partial charge in [0.2, 0.25) is 5.91 Å². The lowest BCUT2D eigenvalue weighted by molar-refractivity contribution is -0.126. The Balaban J connectivity index is 1.91. The van der Waals surface area contributed by atoms with Gasteiger partial charge in [-0.05, 0) is 44.5 Å². The molecule has 0 radical (unpaired) electrons. The van der Waals surface area contributed by atoms with Gasteiger partial charge in [-0.1, -0.05) is 0 Å². The molecule has 19 heavy (non-hydrogen) atoms. The van der Waals surface area contributed by atoms with Gasteiger partial charge in [0.1, 0.15) is 11.6 Å². The second-order valence-corrected chi connectivity index (χ2v) is 5.03. The molecule has 1 aliphatic heterocycles. The molecule has 0 saturated carbocycles. The maximum absolute atomic E-state index is 13.4. The Kier molecular flexibility index (Phi) is 4.47. The van der Waals surface area contributed by atoms with Crippen LogP contribution in [0.2, 0.25) is 0 Å². The third-order valence-electron chi connectivity index (χ3n) is 3.46. The van der Waals surface area contributed by atoms with E-state index in [9.17, 15) is 13.6 Å². The van der Waals surface area contributed by atoms with Gasteiger partial charge >= 0.3 is 0 Å². The van der Waals surface area contributed by atoms with Gasteiger partial charge in [-0.25, -0.2) is 8.78 Å². The standard InChI is InChI=1S/C14H18F2N2O/c1-9-6-10(4-5-17-9)14(19)18-8-11-7-12(15)2-3-13(11)16/h2-3,7,9-10,17H,4-6,8H2,1H3,(H,18,19)/t9-,10-/m0/s1. The van der Waals surface area contributed by atoms with Crippen molar-refractivity contribution in [2.75, 3.05) is 6.54 Å². The minimum absolute atomic E-state index is 0.0285. The van der Waals surface area contributed by atoms with Crippen molar-refractivity contribution in [1.82, 2.24) is 10.6 Å². The lowest BCUT2D eigenvalue weighted by Gasteiger charge is -2.27. The molecule has 1 amide bonds. The largest absolute Gasteiger partial charge is 0.352 e. The van der Waals surface area contributed by atoms with Crippen LogP contribution in [0.25, 0.3) is 0 Å². The highest BCUT2D eigenvalue weighted by Gasteiger charge is 2.24. The van der Waals surface area contributed by atoms with E-state index < -0.39 is 11.6 Å². The van der Waals surface area contributed by atoms with Crippen molar-refractivity contribution in [2.45, 2.75) is 32.4 Å². The van der Waals surface area contributed by atoms with Crippen LogP contribution in [0.3, 0.4) is 0 Å². The fourth-order valence-electron chi connectivity index (χ4n) is 2.38. The lowest BCUT2D eigenvalue weighted by atomic mass is 9.92. The summed E-state index contributed by atoms with van der Waals surface area (Å²) in [4.78, 5) is 12.0. The topological polar surface area (TPSA) is 41.1 Å². The highest BCUT2D eigenvalue weighted by molar-refractivity contribution is 5.78. The van der Waals surface area contributed by atoms with Crippen molar-refractivity contribution in [1.29, 1.82) is 0 Å². The first-order valence-corrected chi connectivity index (χ1v) is 6.51. The molecule has 1 aromatic rings. The molecule has 1 heterocycles. The Morgan fingerprint density at radius 3 is 3.00 bits per heavy atom. The van der Waals surface area contributed by atoms with Crippen molar-refractivity contribution in [3.8, 4) is 0 Å². The van der Waals surface area contributed by atoms with E-state index in [0.29, 0.717) is 6.04 Å². The summed E-state index contributed by atoms with van der Waals surface area (Å²) in [5.41, 5.74) is 0.176. The van der Waals surface area contributed by atoms with Crippen molar-refractivity contribution in [3.05, 3.63) is 35.4 Å². The zero-order valence-corrected chi connectivity index (χ0v) is 10.9. The average molecular weight is 268 g/mol. The summed E-state index contributed by atoms with van der Waals surface area (Å²) in [5, 5.41) is 5.95. The fraction of sp³-hybridized carbons (Fsp3) is 0.500. The summed E-state index contributed by atoms with van der Waals surface area (Å²) in [7, 11) is 0. The number of rotatable bonds is 3. The zero-order chi connectivity index (χ0) is 13.8. The molecule has 2 N–H and O–H groups in total. The summed E-state index contributed by atoms with van der Waals surface area (Å²) in [6, 6.07) is 3.56. The molecule has 1 fully saturated rings. The first-order chi connectivity index (χ1) is 9.06. The number of hydrogen-bond acceptors (Lipinski definition) is 2. The number of piperidine rings is 1. The van der Waals surface area contributed by atoms with Crippen LogP contribution in [0.5, 0.6) is 0 Å². The van der Waals surface area contributed by atoms with Crippen LogP contribution in [0.1, 0.15) is 25.3 Å². The summed E-state index contributed by atoms with van der Waals surface area (Å²) in [6.45, 7) is 2.87. The molecule has 1 aliphatic rings. The smallest absolute Gasteiger partial charge is 0.223 e. The zero-order valence-electron chi connectivity index (χ0n) is 10.9. The summed E-state index contributed by atoms with van der Waals surface area (Å²) >= 11 is 0. The Bertz CT molecular complexity index is 465. The monoisotopic (exact) mass is 268 g/mol. The Hall–Kier alpha value is -1.49. The first-order valence-electron chi connectivity index (χ1n) is 6.51. The number of halogens is 2. The van der Waals surface area contributed by atoms with Gasteiger partial charge in [-0.2, -0.15) is 0 Å². The molecule has 104 valence electrons. The van der Waals surface area contributed by atoms with Crippen LogP contribution in [0, 0.1) is 17.6 Å². The maximum Gasteiger partial charge on any atom is 0.223 e. The van der Waals surface area contributed by atoms with E-state index in [1.54, 1.807) is 0 Å². The molecule has 1 saturated heterocycles. The second-order valence-electron chi connectivity index (χ2n) is 5.03. The van der Waals surface area contributed by atoms with Crippen molar-refractivity contribution < 1.29 is 13.6 Å². The van der Waals surface area contributed by atoms with E-state index in [-0.39, 0.29) is 23.9 Å². The van der Waals surface area contributed by atoms with Crippen LogP contribution in [-0.4, -0.2) is 18.5 Å². The molecule has 0 aromatic heterocycles. The van der Waals surface area contributed by atoms with Crippen molar-refractivity contribution >= 4 is 5.91 Å². The maximum atomic E-state index is 13.4. The minimum atomic E-state index is -0.500. The number of hydrogen-bond donors (Lipinski definition) is 2.